The molecule has 0 aliphatic rings. The maximum absolute atomic E-state index is 11.4. The molecule has 0 aromatic heterocycles. The van der Waals surface area contributed by atoms with E-state index in [1.807, 2.05) is 6.07 Å². The number of esters is 1. The standard InChI is InChI=1S/C13H14N2O4/c14-8-2-1-3-9-19-13(16)10-11-4-6-12(7-5-11)15(17)18/h4-7H,1-3,9-10H2. The third-order valence-corrected chi connectivity index (χ3v) is 2.44. The number of non-ortho nitro benzene ring substituents is 1. The normalized spacial score (nSPS) is 9.63. The number of carbonyl (C=O) groups excluding carboxylic acids is 1. The smallest absolute Gasteiger partial charge is 0.310 e. The Morgan fingerprint density at radius 2 is 2.00 bits per heavy atom. The van der Waals surface area contributed by atoms with Crippen LogP contribution in [-0.4, -0.2) is 17.5 Å². The Kier molecular flexibility index (Phi) is 6.03. The van der Waals surface area contributed by atoms with E-state index >= 15 is 0 Å². The molecule has 0 saturated heterocycles. The highest BCUT2D eigenvalue weighted by molar-refractivity contribution is 5.72. The van der Waals surface area contributed by atoms with Gasteiger partial charge in [0.1, 0.15) is 0 Å². The van der Waals surface area contributed by atoms with Crippen LogP contribution in [0.3, 0.4) is 0 Å². The number of nitro benzene ring substituents is 1. The van der Waals surface area contributed by atoms with Crippen molar-refractivity contribution in [2.75, 3.05) is 6.61 Å². The zero-order valence-corrected chi connectivity index (χ0v) is 10.4. The second-order valence-corrected chi connectivity index (χ2v) is 3.94. The topological polar surface area (TPSA) is 93.2 Å². The number of nitrogens with zero attached hydrogens (tertiary/aromatic N) is 2. The summed E-state index contributed by atoms with van der Waals surface area (Å²) in [6, 6.07) is 7.80. The fourth-order valence-electron chi connectivity index (χ4n) is 1.45. The first kappa shape index (κ1) is 14.6. The van der Waals surface area contributed by atoms with Gasteiger partial charge in [-0.05, 0) is 18.4 Å². The quantitative estimate of drug-likeness (QED) is 0.325. The summed E-state index contributed by atoms with van der Waals surface area (Å²) in [5.74, 6) is -0.370. The van der Waals surface area contributed by atoms with Gasteiger partial charge < -0.3 is 4.74 Å². The van der Waals surface area contributed by atoms with Gasteiger partial charge in [0, 0.05) is 18.6 Å². The van der Waals surface area contributed by atoms with E-state index in [0.29, 0.717) is 31.4 Å². The average Bonchev–Trinajstić information content (AvgIpc) is 2.39. The summed E-state index contributed by atoms with van der Waals surface area (Å²) in [6.45, 7) is 0.299. The van der Waals surface area contributed by atoms with Crippen LogP contribution < -0.4 is 0 Å². The van der Waals surface area contributed by atoms with Crippen molar-refractivity contribution in [3.8, 4) is 6.07 Å². The molecule has 0 unspecified atom stereocenters. The Bertz CT molecular complexity index is 476. The van der Waals surface area contributed by atoms with E-state index in [0.717, 1.165) is 0 Å². The molecule has 0 N–H and O–H groups in total. The Labute approximate surface area is 110 Å². The molecule has 1 aromatic rings. The highest BCUT2D eigenvalue weighted by atomic mass is 16.6. The Balaban J connectivity index is 2.32. The minimum atomic E-state index is -0.489. The molecule has 6 heteroatoms. The number of ether oxygens (including phenoxy) is 1. The lowest BCUT2D eigenvalue weighted by Gasteiger charge is -2.04. The summed E-state index contributed by atoms with van der Waals surface area (Å²) in [5.41, 5.74) is 0.668. The maximum atomic E-state index is 11.4. The summed E-state index contributed by atoms with van der Waals surface area (Å²) in [4.78, 5) is 21.4. The van der Waals surface area contributed by atoms with Crippen molar-refractivity contribution in [3.05, 3.63) is 39.9 Å². The van der Waals surface area contributed by atoms with Gasteiger partial charge in [-0.15, -0.1) is 0 Å². The third kappa shape index (κ3) is 5.64. The predicted octanol–water partition coefficient (Wildman–Crippen LogP) is 2.37. The van der Waals surface area contributed by atoms with Crippen molar-refractivity contribution in [2.24, 2.45) is 0 Å². The SMILES string of the molecule is N#CCCCCOC(=O)Cc1ccc([N+](=O)[O-])cc1. The van der Waals surface area contributed by atoms with Crippen molar-refractivity contribution >= 4 is 11.7 Å². The van der Waals surface area contributed by atoms with Crippen molar-refractivity contribution in [2.45, 2.75) is 25.7 Å². The molecule has 0 radical (unpaired) electrons. The summed E-state index contributed by atoms with van der Waals surface area (Å²) in [5, 5.41) is 18.8. The van der Waals surface area contributed by atoms with Gasteiger partial charge in [-0.3, -0.25) is 14.9 Å². The molecular formula is C13H14N2O4. The van der Waals surface area contributed by atoms with Crippen molar-refractivity contribution in [3.63, 3.8) is 0 Å². The number of hydrogen-bond acceptors (Lipinski definition) is 5. The largest absolute Gasteiger partial charge is 0.465 e. The van der Waals surface area contributed by atoms with Crippen molar-refractivity contribution in [1.82, 2.24) is 0 Å². The van der Waals surface area contributed by atoms with Gasteiger partial charge in [0.2, 0.25) is 0 Å². The van der Waals surface area contributed by atoms with Gasteiger partial charge in [0.05, 0.1) is 24.0 Å². The molecule has 0 fully saturated rings. The van der Waals surface area contributed by atoms with Gasteiger partial charge in [-0.25, -0.2) is 0 Å². The molecule has 0 aliphatic heterocycles. The van der Waals surface area contributed by atoms with Gasteiger partial charge >= 0.3 is 5.97 Å². The summed E-state index contributed by atoms with van der Waals surface area (Å²) in [6.07, 6.45) is 1.93. The van der Waals surface area contributed by atoms with E-state index in [9.17, 15) is 14.9 Å². The van der Waals surface area contributed by atoms with Crippen LogP contribution in [0.1, 0.15) is 24.8 Å². The number of benzene rings is 1. The number of carbonyl (C=O) groups is 1. The molecule has 6 nitrogen and oxygen atoms in total. The van der Waals surface area contributed by atoms with E-state index in [4.69, 9.17) is 10.00 Å². The predicted molar refractivity (Wildman–Crippen MR) is 67.2 cm³/mol. The molecule has 0 amide bonds. The average molecular weight is 262 g/mol. The molecule has 0 heterocycles. The van der Waals surface area contributed by atoms with Gasteiger partial charge in [-0.1, -0.05) is 12.1 Å². The summed E-state index contributed by atoms with van der Waals surface area (Å²) < 4.78 is 4.99. The lowest BCUT2D eigenvalue weighted by atomic mass is 10.1. The van der Waals surface area contributed by atoms with Gasteiger partial charge in [0.15, 0.2) is 0 Å². The Morgan fingerprint density at radius 3 is 2.58 bits per heavy atom. The van der Waals surface area contributed by atoms with Crippen LogP contribution in [0.4, 0.5) is 5.69 Å². The van der Waals surface area contributed by atoms with Crippen LogP contribution >= 0.6 is 0 Å². The Hall–Kier alpha value is -2.42. The molecular weight excluding hydrogens is 248 g/mol. The fourth-order valence-corrected chi connectivity index (χ4v) is 1.45. The minimum absolute atomic E-state index is 0.00591. The second kappa shape index (κ2) is 7.82. The van der Waals surface area contributed by atoms with Crippen LogP contribution in [0.5, 0.6) is 0 Å². The maximum Gasteiger partial charge on any atom is 0.310 e. The van der Waals surface area contributed by atoms with Crippen LogP contribution in [0, 0.1) is 21.4 Å². The molecule has 0 saturated carbocycles. The zero-order valence-electron chi connectivity index (χ0n) is 10.4. The van der Waals surface area contributed by atoms with Gasteiger partial charge in [-0.2, -0.15) is 5.26 Å². The molecule has 0 aliphatic carbocycles. The Morgan fingerprint density at radius 1 is 1.32 bits per heavy atom. The van der Waals surface area contributed by atoms with Crippen LogP contribution in [-0.2, 0) is 16.0 Å². The molecule has 100 valence electrons. The molecule has 0 bridgehead atoms. The molecule has 19 heavy (non-hydrogen) atoms. The highest BCUT2D eigenvalue weighted by Gasteiger charge is 2.08. The minimum Gasteiger partial charge on any atom is -0.465 e. The highest BCUT2D eigenvalue weighted by Crippen LogP contribution is 2.12. The number of rotatable bonds is 7. The molecule has 1 aromatic carbocycles. The first-order valence-corrected chi connectivity index (χ1v) is 5.89. The van der Waals surface area contributed by atoms with Crippen LogP contribution in [0.25, 0.3) is 0 Å². The zero-order chi connectivity index (χ0) is 14.1. The van der Waals surface area contributed by atoms with E-state index < -0.39 is 4.92 Å². The van der Waals surface area contributed by atoms with Crippen molar-refractivity contribution < 1.29 is 14.5 Å². The molecule has 1 rings (SSSR count). The van der Waals surface area contributed by atoms with E-state index in [1.165, 1.54) is 24.3 Å². The molecule has 0 atom stereocenters. The van der Waals surface area contributed by atoms with E-state index in [-0.39, 0.29) is 18.1 Å². The summed E-state index contributed by atoms with van der Waals surface area (Å²) >= 11 is 0. The lowest BCUT2D eigenvalue weighted by Crippen LogP contribution is -2.09. The lowest BCUT2D eigenvalue weighted by molar-refractivity contribution is -0.384. The monoisotopic (exact) mass is 262 g/mol. The number of nitriles is 1. The van der Waals surface area contributed by atoms with Crippen LogP contribution in [0.15, 0.2) is 24.3 Å². The van der Waals surface area contributed by atoms with Gasteiger partial charge in [0.25, 0.3) is 5.69 Å². The third-order valence-electron chi connectivity index (χ3n) is 2.44. The summed E-state index contributed by atoms with van der Waals surface area (Å²) in [7, 11) is 0. The number of hydrogen-bond donors (Lipinski definition) is 0. The second-order valence-electron chi connectivity index (χ2n) is 3.94. The number of nitro groups is 1. The first-order chi connectivity index (χ1) is 9.13. The molecule has 0 spiro atoms. The van der Waals surface area contributed by atoms with E-state index in [2.05, 4.69) is 0 Å². The van der Waals surface area contributed by atoms with Crippen LogP contribution in [0.2, 0.25) is 0 Å². The number of unbranched alkanes of at least 4 members (excludes halogenated alkanes) is 2. The first-order valence-electron chi connectivity index (χ1n) is 5.89. The van der Waals surface area contributed by atoms with Crippen molar-refractivity contribution in [1.29, 1.82) is 5.26 Å². The fraction of sp³-hybridized carbons (Fsp3) is 0.385. The van der Waals surface area contributed by atoms with E-state index in [1.54, 1.807) is 0 Å².